The Kier molecular flexibility index (Phi) is 10.6. The molecule has 0 unspecified atom stereocenters. The summed E-state index contributed by atoms with van der Waals surface area (Å²) in [6, 6.07) is 15.9. The number of benzene rings is 3. The van der Waals surface area contributed by atoms with E-state index in [4.69, 9.17) is 0 Å². The van der Waals surface area contributed by atoms with Crippen molar-refractivity contribution >= 4 is 15.9 Å². The van der Waals surface area contributed by atoms with Crippen LogP contribution in [0.3, 0.4) is 0 Å². The van der Waals surface area contributed by atoms with Crippen LogP contribution in [-0.2, 0) is 29.4 Å². The molecular formula is C31H37F2N3O4S. The summed E-state index contributed by atoms with van der Waals surface area (Å²) < 4.78 is 55.1. The number of aryl methyl sites for hydroxylation is 1. The minimum atomic E-state index is -3.65. The summed E-state index contributed by atoms with van der Waals surface area (Å²) in [5, 5.41) is 17.0. The van der Waals surface area contributed by atoms with Gasteiger partial charge in [0.1, 0.15) is 11.6 Å². The molecule has 1 aliphatic rings. The van der Waals surface area contributed by atoms with Gasteiger partial charge in [-0.25, -0.2) is 17.2 Å². The minimum Gasteiger partial charge on any atom is -0.390 e. The molecule has 3 aromatic rings. The van der Waals surface area contributed by atoms with Gasteiger partial charge in [0.25, 0.3) is 5.91 Å². The number of aliphatic hydroxyl groups excluding tert-OH is 1. The first-order valence-corrected chi connectivity index (χ1v) is 15.4. The van der Waals surface area contributed by atoms with Crippen LogP contribution in [-0.4, -0.2) is 55.5 Å². The summed E-state index contributed by atoms with van der Waals surface area (Å²) >= 11 is 0. The van der Waals surface area contributed by atoms with Crippen LogP contribution < -0.4 is 10.6 Å². The average molecular weight is 586 g/mol. The maximum Gasteiger partial charge on any atom is 0.251 e. The van der Waals surface area contributed by atoms with E-state index in [1.807, 2.05) is 18.2 Å². The summed E-state index contributed by atoms with van der Waals surface area (Å²) in [5.74, 6) is -2.04. The first-order chi connectivity index (χ1) is 19.7. The number of sulfonamides is 1. The third-order valence-electron chi connectivity index (χ3n) is 7.31. The Morgan fingerprint density at radius 1 is 0.927 bits per heavy atom. The number of carbonyl (C=O) groups excluding carboxylic acids is 1. The molecule has 1 aliphatic heterocycles. The number of hydrogen-bond acceptors (Lipinski definition) is 5. The fourth-order valence-electron chi connectivity index (χ4n) is 5.02. The van der Waals surface area contributed by atoms with Crippen LogP contribution in [0.1, 0.15) is 53.2 Å². The fourth-order valence-corrected chi connectivity index (χ4v) is 6.53. The van der Waals surface area contributed by atoms with Gasteiger partial charge in [-0.05, 0) is 78.8 Å². The molecule has 1 heterocycles. The molecule has 220 valence electrons. The molecule has 0 spiro atoms. The molecule has 0 aromatic heterocycles. The van der Waals surface area contributed by atoms with Crippen molar-refractivity contribution in [2.24, 2.45) is 0 Å². The van der Waals surface area contributed by atoms with Crippen molar-refractivity contribution in [1.82, 2.24) is 14.9 Å². The van der Waals surface area contributed by atoms with Crippen molar-refractivity contribution in [2.45, 2.75) is 62.6 Å². The van der Waals surface area contributed by atoms with E-state index in [2.05, 4.69) is 23.6 Å². The monoisotopic (exact) mass is 585 g/mol. The van der Waals surface area contributed by atoms with E-state index < -0.39 is 39.7 Å². The Bertz CT molecular complexity index is 1410. The van der Waals surface area contributed by atoms with Gasteiger partial charge >= 0.3 is 0 Å². The number of nitrogens with one attached hydrogen (secondary N) is 2. The maximum atomic E-state index is 13.9. The number of piperidine rings is 1. The van der Waals surface area contributed by atoms with Crippen LogP contribution >= 0.6 is 0 Å². The van der Waals surface area contributed by atoms with Crippen molar-refractivity contribution in [3.63, 3.8) is 0 Å². The zero-order valence-electron chi connectivity index (χ0n) is 23.2. The standard InChI is InChI=1S/C31H37F2N3O4S/c1-2-22-7-6-8-23(15-22)20-34-21-30(37)29(18-24-16-26(32)19-27(33)17-24)35-31(38)25-9-11-28(12-10-25)41(39,40)36-13-4-3-5-14-36/h6-12,15-17,19,29-30,34,37H,2-5,13-14,18,20-21H2,1H3,(H,35,38)/t29-,30+/m0/s1. The van der Waals surface area contributed by atoms with Crippen LogP contribution in [0.15, 0.2) is 71.6 Å². The highest BCUT2D eigenvalue weighted by Gasteiger charge is 2.27. The predicted molar refractivity (Wildman–Crippen MR) is 154 cm³/mol. The van der Waals surface area contributed by atoms with E-state index in [0.29, 0.717) is 19.6 Å². The summed E-state index contributed by atoms with van der Waals surface area (Å²) in [6.45, 7) is 3.63. The highest BCUT2D eigenvalue weighted by atomic mass is 32.2. The third-order valence-corrected chi connectivity index (χ3v) is 9.22. The molecule has 4 rings (SSSR count). The van der Waals surface area contributed by atoms with E-state index >= 15 is 0 Å². The zero-order chi connectivity index (χ0) is 29.4. The van der Waals surface area contributed by atoms with E-state index in [-0.39, 0.29) is 29.0 Å². The molecule has 2 atom stereocenters. The van der Waals surface area contributed by atoms with Gasteiger partial charge in [0, 0.05) is 37.8 Å². The van der Waals surface area contributed by atoms with E-state index in [9.17, 15) is 27.1 Å². The lowest BCUT2D eigenvalue weighted by atomic mass is 10.00. The lowest BCUT2D eigenvalue weighted by Crippen LogP contribution is -2.48. The van der Waals surface area contributed by atoms with Crippen molar-refractivity contribution < 1.29 is 27.1 Å². The summed E-state index contributed by atoms with van der Waals surface area (Å²) in [4.78, 5) is 13.3. The van der Waals surface area contributed by atoms with E-state index in [1.54, 1.807) is 0 Å². The number of aliphatic hydroxyl groups is 1. The second kappa shape index (κ2) is 14.1. The maximum absolute atomic E-state index is 13.9. The normalized spacial score (nSPS) is 15.8. The molecule has 0 aliphatic carbocycles. The van der Waals surface area contributed by atoms with Gasteiger partial charge in [0.05, 0.1) is 17.0 Å². The number of rotatable bonds is 12. The number of carbonyl (C=O) groups is 1. The SMILES string of the molecule is CCc1cccc(CNC[C@@H](O)[C@H](Cc2cc(F)cc(F)c2)NC(=O)c2ccc(S(=O)(=O)N3CCCCC3)cc2)c1. The molecule has 1 fully saturated rings. The Morgan fingerprint density at radius 3 is 2.24 bits per heavy atom. The Balaban J connectivity index is 1.46. The predicted octanol–water partition coefficient (Wildman–Crippen LogP) is 4.19. The largest absolute Gasteiger partial charge is 0.390 e. The van der Waals surface area contributed by atoms with Gasteiger partial charge in [-0.3, -0.25) is 4.79 Å². The average Bonchev–Trinajstić information content (AvgIpc) is 2.97. The first-order valence-electron chi connectivity index (χ1n) is 14.0. The van der Waals surface area contributed by atoms with Crippen molar-refractivity contribution in [3.05, 3.63) is 101 Å². The molecule has 1 amide bonds. The Morgan fingerprint density at radius 2 is 1.59 bits per heavy atom. The minimum absolute atomic E-state index is 0.0178. The second-order valence-corrected chi connectivity index (χ2v) is 12.4. The van der Waals surface area contributed by atoms with Gasteiger partial charge in [0.2, 0.25) is 10.0 Å². The topological polar surface area (TPSA) is 98.7 Å². The van der Waals surface area contributed by atoms with E-state index in [0.717, 1.165) is 37.3 Å². The molecule has 0 radical (unpaired) electrons. The van der Waals surface area contributed by atoms with Crippen molar-refractivity contribution in [2.75, 3.05) is 19.6 Å². The molecule has 3 aromatic carbocycles. The van der Waals surface area contributed by atoms with Crippen LogP contribution in [0.5, 0.6) is 0 Å². The van der Waals surface area contributed by atoms with Gasteiger partial charge in [-0.15, -0.1) is 0 Å². The first kappa shape index (κ1) is 30.8. The van der Waals surface area contributed by atoms with Gasteiger partial charge in [-0.1, -0.05) is 37.6 Å². The van der Waals surface area contributed by atoms with Crippen LogP contribution in [0.4, 0.5) is 8.78 Å². The third kappa shape index (κ3) is 8.42. The molecule has 10 heteroatoms. The highest BCUT2D eigenvalue weighted by Crippen LogP contribution is 2.21. The lowest BCUT2D eigenvalue weighted by molar-refractivity contribution is 0.0829. The Hall–Kier alpha value is -3.18. The quantitative estimate of drug-likeness (QED) is 0.296. The summed E-state index contributed by atoms with van der Waals surface area (Å²) in [6.07, 6.45) is 2.44. The highest BCUT2D eigenvalue weighted by molar-refractivity contribution is 7.89. The van der Waals surface area contributed by atoms with E-state index in [1.165, 1.54) is 46.3 Å². The summed E-state index contributed by atoms with van der Waals surface area (Å²) in [5.41, 5.74) is 2.72. The second-order valence-electron chi connectivity index (χ2n) is 10.4. The molecular weight excluding hydrogens is 548 g/mol. The molecule has 7 nitrogen and oxygen atoms in total. The molecule has 3 N–H and O–H groups in total. The van der Waals surface area contributed by atoms with Gasteiger partial charge in [0.15, 0.2) is 0 Å². The molecule has 0 bridgehead atoms. The summed E-state index contributed by atoms with van der Waals surface area (Å²) in [7, 11) is -3.65. The van der Waals surface area contributed by atoms with Gasteiger partial charge < -0.3 is 15.7 Å². The van der Waals surface area contributed by atoms with Crippen molar-refractivity contribution in [3.8, 4) is 0 Å². The number of halogens is 2. The molecule has 1 saturated heterocycles. The molecule has 0 saturated carbocycles. The zero-order valence-corrected chi connectivity index (χ0v) is 24.0. The van der Waals surface area contributed by atoms with Crippen LogP contribution in [0.2, 0.25) is 0 Å². The fraction of sp³-hybridized carbons (Fsp3) is 0.387. The number of nitrogens with zero attached hydrogens (tertiary/aromatic N) is 1. The number of amides is 1. The molecule has 41 heavy (non-hydrogen) atoms. The van der Waals surface area contributed by atoms with Gasteiger partial charge in [-0.2, -0.15) is 4.31 Å². The Labute approximate surface area is 240 Å². The van der Waals surface area contributed by atoms with Crippen LogP contribution in [0.25, 0.3) is 0 Å². The van der Waals surface area contributed by atoms with Crippen LogP contribution in [0, 0.1) is 11.6 Å². The number of hydrogen-bond donors (Lipinski definition) is 3. The van der Waals surface area contributed by atoms with Crippen molar-refractivity contribution in [1.29, 1.82) is 0 Å². The lowest BCUT2D eigenvalue weighted by Gasteiger charge is -2.26. The smallest absolute Gasteiger partial charge is 0.251 e.